The molecule has 1 heterocycles. The Morgan fingerprint density at radius 2 is 1.88 bits per heavy atom. The number of fused-ring (bicyclic) bond motifs is 1. The monoisotopic (exact) mass is 387 g/mol. The van der Waals surface area contributed by atoms with Gasteiger partial charge in [-0.05, 0) is 48.8 Å². The van der Waals surface area contributed by atoms with Crippen LogP contribution in [0, 0.1) is 11.8 Å². The molecule has 3 rings (SSSR count). The molecule has 1 unspecified atom stereocenters. The smallest absolute Gasteiger partial charge is 0.237 e. The highest BCUT2D eigenvalue weighted by molar-refractivity contribution is 7.97. The third-order valence-electron chi connectivity index (χ3n) is 5.11. The summed E-state index contributed by atoms with van der Waals surface area (Å²) < 4.78 is 3.11. The van der Waals surface area contributed by atoms with E-state index >= 15 is 0 Å². The first-order valence-electron chi connectivity index (χ1n) is 8.46. The predicted octanol–water partition coefficient (Wildman–Crippen LogP) is 4.21. The molecular weight excluding hydrogens is 365 g/mol. The van der Waals surface area contributed by atoms with Gasteiger partial charge in [0.05, 0.1) is 22.3 Å². The third-order valence-corrected chi connectivity index (χ3v) is 6.50. The zero-order valence-electron chi connectivity index (χ0n) is 13.6. The number of piperidine rings is 1. The van der Waals surface area contributed by atoms with E-state index in [4.69, 9.17) is 28.9 Å². The Hall–Kier alpha value is -0.620. The van der Waals surface area contributed by atoms with E-state index in [1.54, 1.807) is 12.1 Å². The summed E-state index contributed by atoms with van der Waals surface area (Å²) in [4.78, 5) is 15.3. The van der Waals surface area contributed by atoms with Crippen LogP contribution in [-0.4, -0.2) is 30.4 Å². The van der Waals surface area contributed by atoms with Gasteiger partial charge in [0.1, 0.15) is 0 Å². The Kier molecular flexibility index (Phi) is 6.19. The number of amides is 1. The minimum absolute atomic E-state index is 0.166. The van der Waals surface area contributed by atoms with Crippen molar-refractivity contribution < 1.29 is 4.79 Å². The number of hydrogen-bond donors (Lipinski definition) is 2. The van der Waals surface area contributed by atoms with Crippen LogP contribution in [0.15, 0.2) is 17.0 Å². The lowest BCUT2D eigenvalue weighted by atomic mass is 9.75. The van der Waals surface area contributed by atoms with Gasteiger partial charge < -0.3 is 10.6 Å². The molecule has 24 heavy (non-hydrogen) atoms. The molecule has 0 spiro atoms. The van der Waals surface area contributed by atoms with Crippen molar-refractivity contribution in [1.29, 1.82) is 0 Å². The van der Waals surface area contributed by atoms with Crippen LogP contribution >= 0.6 is 35.1 Å². The highest BCUT2D eigenvalue weighted by Crippen LogP contribution is 2.36. The lowest BCUT2D eigenvalue weighted by Crippen LogP contribution is -2.47. The average molecular weight is 388 g/mol. The maximum atomic E-state index is 12.4. The third kappa shape index (κ3) is 4.31. The number of rotatable bonds is 4. The van der Waals surface area contributed by atoms with E-state index in [1.165, 1.54) is 37.6 Å². The molecule has 1 aliphatic carbocycles. The van der Waals surface area contributed by atoms with Gasteiger partial charge in [0.25, 0.3) is 0 Å². The zero-order valence-corrected chi connectivity index (χ0v) is 15.9. The van der Waals surface area contributed by atoms with Crippen LogP contribution < -0.4 is 10.5 Å². The van der Waals surface area contributed by atoms with Crippen molar-refractivity contribution in [1.82, 2.24) is 9.62 Å². The van der Waals surface area contributed by atoms with Crippen LogP contribution in [0.2, 0.25) is 10.0 Å². The van der Waals surface area contributed by atoms with Crippen LogP contribution in [0.4, 0.5) is 5.69 Å². The molecule has 1 aromatic rings. The van der Waals surface area contributed by atoms with E-state index in [2.05, 4.69) is 4.72 Å². The molecule has 1 aromatic carbocycles. The molecule has 3 N–H and O–H groups in total. The molecule has 1 saturated heterocycles. The van der Waals surface area contributed by atoms with Crippen molar-refractivity contribution in [2.45, 2.75) is 37.0 Å². The molecule has 132 valence electrons. The lowest BCUT2D eigenvalue weighted by Gasteiger charge is -2.41. The summed E-state index contributed by atoms with van der Waals surface area (Å²) in [6, 6.07) is 3.50. The molecule has 0 radical (unpaired) electrons. The normalized spacial score (nSPS) is 23.8. The average Bonchev–Trinajstić information content (AvgIpc) is 2.59. The highest BCUT2D eigenvalue weighted by Gasteiger charge is 2.32. The van der Waals surface area contributed by atoms with Crippen LogP contribution in [-0.2, 0) is 4.79 Å². The Balaban J connectivity index is 1.47. The van der Waals surface area contributed by atoms with E-state index in [1.807, 2.05) is 4.90 Å². The number of likely N-dealkylation sites (tertiary alicyclic amines) is 1. The summed E-state index contributed by atoms with van der Waals surface area (Å²) >= 11 is 13.4. The second kappa shape index (κ2) is 8.17. The van der Waals surface area contributed by atoms with Gasteiger partial charge in [0.2, 0.25) is 5.91 Å². The molecule has 1 amide bonds. The van der Waals surface area contributed by atoms with Gasteiger partial charge in [0, 0.05) is 18.0 Å². The van der Waals surface area contributed by atoms with Gasteiger partial charge in [-0.25, -0.2) is 0 Å². The molecule has 7 heteroatoms. The van der Waals surface area contributed by atoms with Gasteiger partial charge in [-0.1, -0.05) is 42.5 Å². The van der Waals surface area contributed by atoms with Crippen LogP contribution in [0.5, 0.6) is 0 Å². The summed E-state index contributed by atoms with van der Waals surface area (Å²) in [5.74, 6) is 1.71. The predicted molar refractivity (Wildman–Crippen MR) is 101 cm³/mol. The van der Waals surface area contributed by atoms with E-state index < -0.39 is 0 Å². The van der Waals surface area contributed by atoms with Crippen LogP contribution in [0.1, 0.15) is 32.1 Å². The number of nitrogen functional groups attached to an aromatic ring is 1. The van der Waals surface area contributed by atoms with Crippen molar-refractivity contribution in [3.8, 4) is 0 Å². The first kappa shape index (κ1) is 18.2. The number of benzene rings is 1. The molecule has 1 aliphatic heterocycles. The first-order valence-corrected chi connectivity index (χ1v) is 10.0. The first-order chi connectivity index (χ1) is 11.5. The van der Waals surface area contributed by atoms with Crippen molar-refractivity contribution >= 4 is 46.7 Å². The number of carbonyl (C=O) groups is 1. The molecule has 2 fully saturated rings. The number of nitrogens with two attached hydrogens (primary N) is 1. The van der Waals surface area contributed by atoms with Gasteiger partial charge in [0.15, 0.2) is 0 Å². The molecule has 1 saturated carbocycles. The van der Waals surface area contributed by atoms with Crippen molar-refractivity contribution in [2.24, 2.45) is 11.8 Å². The second-order valence-corrected chi connectivity index (χ2v) is 8.44. The Bertz CT molecular complexity index is 590. The highest BCUT2D eigenvalue weighted by atomic mass is 35.5. The Morgan fingerprint density at radius 1 is 1.21 bits per heavy atom. The number of hydrogen-bond acceptors (Lipinski definition) is 4. The van der Waals surface area contributed by atoms with E-state index in [9.17, 15) is 4.79 Å². The summed E-state index contributed by atoms with van der Waals surface area (Å²) in [5.41, 5.74) is 6.11. The fraction of sp³-hybridized carbons (Fsp3) is 0.588. The molecule has 2 atom stereocenters. The number of nitrogens with zero attached hydrogens (tertiary/aromatic N) is 1. The zero-order chi connectivity index (χ0) is 17.1. The molecular formula is C17H23Cl2N3OS. The number of nitrogens with one attached hydrogen (secondary N) is 1. The number of halogens is 2. The van der Waals surface area contributed by atoms with Crippen molar-refractivity contribution in [3.05, 3.63) is 22.2 Å². The summed E-state index contributed by atoms with van der Waals surface area (Å²) in [5, 5.41) is 0.856. The fourth-order valence-electron chi connectivity index (χ4n) is 3.74. The molecule has 4 nitrogen and oxygen atoms in total. The quantitative estimate of drug-likeness (QED) is 0.599. The SMILES string of the molecule is Nc1c(Cl)cc(SNCC(=O)N2CCC3CCCC[C@H]3C2)cc1Cl. The van der Waals surface area contributed by atoms with Gasteiger partial charge >= 0.3 is 0 Å². The largest absolute Gasteiger partial charge is 0.396 e. The Morgan fingerprint density at radius 3 is 2.58 bits per heavy atom. The standard InChI is InChI=1S/C17H23Cl2N3OS/c18-14-7-13(8-15(19)17(14)20)24-21-9-16(23)22-6-5-11-3-1-2-4-12(11)10-22/h7-8,11-12,21H,1-6,9-10,20H2/t11?,12-/m0/s1. The maximum absolute atomic E-state index is 12.4. The minimum Gasteiger partial charge on any atom is -0.396 e. The topological polar surface area (TPSA) is 58.4 Å². The molecule has 0 bridgehead atoms. The summed E-state index contributed by atoms with van der Waals surface area (Å²) in [6.45, 7) is 2.13. The van der Waals surface area contributed by atoms with Gasteiger partial charge in [-0.15, -0.1) is 0 Å². The van der Waals surface area contributed by atoms with E-state index in [0.717, 1.165) is 30.3 Å². The molecule has 0 aromatic heterocycles. The van der Waals surface area contributed by atoms with Crippen molar-refractivity contribution in [2.75, 3.05) is 25.4 Å². The van der Waals surface area contributed by atoms with Gasteiger partial charge in [-0.2, -0.15) is 0 Å². The maximum Gasteiger partial charge on any atom is 0.237 e. The van der Waals surface area contributed by atoms with Crippen LogP contribution in [0.3, 0.4) is 0 Å². The van der Waals surface area contributed by atoms with Crippen LogP contribution in [0.25, 0.3) is 0 Å². The second-order valence-electron chi connectivity index (χ2n) is 6.66. The number of anilines is 1. The minimum atomic E-state index is 0.166. The fourth-order valence-corrected chi connectivity index (χ4v) is 5.07. The summed E-state index contributed by atoms with van der Waals surface area (Å²) in [7, 11) is 0. The van der Waals surface area contributed by atoms with E-state index in [0.29, 0.717) is 28.2 Å². The Labute approximate surface area is 157 Å². The number of carbonyl (C=O) groups excluding carboxylic acids is 1. The van der Waals surface area contributed by atoms with E-state index in [-0.39, 0.29) is 5.91 Å². The lowest BCUT2D eigenvalue weighted by molar-refractivity contribution is -0.132. The van der Waals surface area contributed by atoms with Gasteiger partial charge in [-0.3, -0.25) is 9.52 Å². The van der Waals surface area contributed by atoms with Crippen molar-refractivity contribution in [3.63, 3.8) is 0 Å². The molecule has 2 aliphatic rings. The summed E-state index contributed by atoms with van der Waals surface area (Å²) in [6.07, 6.45) is 6.46.